The molecular weight excluding hydrogens is 230 g/mol. The first-order valence-corrected chi connectivity index (χ1v) is 7.18. The van der Waals surface area contributed by atoms with Crippen molar-refractivity contribution in [2.45, 2.75) is 44.1 Å². The molecule has 1 N–H and O–H groups in total. The summed E-state index contributed by atoms with van der Waals surface area (Å²) >= 11 is 6.02. The van der Waals surface area contributed by atoms with Gasteiger partial charge in [-0.25, -0.2) is 0 Å². The smallest absolute Gasteiger partial charge is 0.0408 e. The molecule has 3 rings (SSSR count). The van der Waals surface area contributed by atoms with Gasteiger partial charge in [-0.3, -0.25) is 0 Å². The molecule has 1 aromatic rings. The molecule has 1 nitrogen and oxygen atoms in total. The van der Waals surface area contributed by atoms with E-state index in [1.54, 1.807) is 0 Å². The molecule has 2 aliphatic rings. The van der Waals surface area contributed by atoms with E-state index in [9.17, 15) is 0 Å². The molecule has 0 spiro atoms. The molecule has 0 radical (unpaired) electrons. The van der Waals surface area contributed by atoms with Crippen molar-refractivity contribution >= 4 is 11.6 Å². The SMILES string of the molecule is Clc1cccc(C2CC(NCCC3CC3)C2)c1. The Labute approximate surface area is 109 Å². The van der Waals surface area contributed by atoms with E-state index in [-0.39, 0.29) is 0 Å². The predicted octanol–water partition coefficient (Wildman–Crippen LogP) is 3.98. The molecule has 1 aromatic carbocycles. The van der Waals surface area contributed by atoms with E-state index in [2.05, 4.69) is 23.5 Å². The van der Waals surface area contributed by atoms with Crippen molar-refractivity contribution in [3.63, 3.8) is 0 Å². The summed E-state index contributed by atoms with van der Waals surface area (Å²) in [6.45, 7) is 1.22. The standard InChI is InChI=1S/C15H20ClN/c16-14-3-1-2-12(8-14)13-9-15(10-13)17-7-6-11-4-5-11/h1-3,8,11,13,15,17H,4-7,9-10H2. The number of benzene rings is 1. The zero-order chi connectivity index (χ0) is 11.7. The summed E-state index contributed by atoms with van der Waals surface area (Å²) in [4.78, 5) is 0. The Morgan fingerprint density at radius 2 is 2.06 bits per heavy atom. The molecule has 0 aliphatic heterocycles. The third-order valence-corrected chi connectivity index (χ3v) is 4.38. The van der Waals surface area contributed by atoms with Crippen LogP contribution in [0.15, 0.2) is 24.3 Å². The zero-order valence-electron chi connectivity index (χ0n) is 10.2. The van der Waals surface area contributed by atoms with Crippen LogP contribution in [-0.2, 0) is 0 Å². The van der Waals surface area contributed by atoms with Gasteiger partial charge in [0, 0.05) is 11.1 Å². The van der Waals surface area contributed by atoms with Gasteiger partial charge in [0.25, 0.3) is 0 Å². The van der Waals surface area contributed by atoms with Gasteiger partial charge in [0.2, 0.25) is 0 Å². The van der Waals surface area contributed by atoms with Crippen molar-refractivity contribution in [3.8, 4) is 0 Å². The van der Waals surface area contributed by atoms with Gasteiger partial charge in [0.15, 0.2) is 0 Å². The Morgan fingerprint density at radius 1 is 1.24 bits per heavy atom. The van der Waals surface area contributed by atoms with Gasteiger partial charge >= 0.3 is 0 Å². The molecule has 2 fully saturated rings. The van der Waals surface area contributed by atoms with Crippen molar-refractivity contribution in [1.29, 1.82) is 0 Å². The molecule has 92 valence electrons. The zero-order valence-corrected chi connectivity index (χ0v) is 10.9. The Balaban J connectivity index is 1.41. The minimum atomic E-state index is 0.729. The van der Waals surface area contributed by atoms with E-state index in [0.29, 0.717) is 0 Å². The molecule has 17 heavy (non-hydrogen) atoms. The number of nitrogens with one attached hydrogen (secondary N) is 1. The summed E-state index contributed by atoms with van der Waals surface area (Å²) < 4.78 is 0. The molecule has 0 amide bonds. The fourth-order valence-corrected chi connectivity index (χ4v) is 2.91. The van der Waals surface area contributed by atoms with Crippen LogP contribution in [0.2, 0.25) is 5.02 Å². The van der Waals surface area contributed by atoms with Crippen LogP contribution in [0.5, 0.6) is 0 Å². The normalized spacial score (nSPS) is 27.8. The lowest BCUT2D eigenvalue weighted by molar-refractivity contribution is 0.289. The molecule has 0 bridgehead atoms. The average molecular weight is 250 g/mol. The first-order valence-electron chi connectivity index (χ1n) is 6.80. The Morgan fingerprint density at radius 3 is 2.76 bits per heavy atom. The molecule has 0 atom stereocenters. The number of rotatable bonds is 5. The van der Waals surface area contributed by atoms with E-state index in [1.807, 2.05) is 6.07 Å². The van der Waals surface area contributed by atoms with Crippen LogP contribution in [0.3, 0.4) is 0 Å². The monoisotopic (exact) mass is 249 g/mol. The van der Waals surface area contributed by atoms with E-state index < -0.39 is 0 Å². The third kappa shape index (κ3) is 3.02. The third-order valence-electron chi connectivity index (χ3n) is 4.14. The van der Waals surface area contributed by atoms with E-state index in [4.69, 9.17) is 11.6 Å². The second kappa shape index (κ2) is 4.99. The maximum Gasteiger partial charge on any atom is 0.0408 e. The molecular formula is C15H20ClN. The summed E-state index contributed by atoms with van der Waals surface area (Å²) in [5.41, 5.74) is 1.41. The maximum atomic E-state index is 6.02. The van der Waals surface area contributed by atoms with Crippen LogP contribution in [0.1, 0.15) is 43.6 Å². The summed E-state index contributed by atoms with van der Waals surface area (Å²) in [7, 11) is 0. The highest BCUT2D eigenvalue weighted by molar-refractivity contribution is 6.30. The molecule has 0 unspecified atom stereocenters. The highest BCUT2D eigenvalue weighted by atomic mass is 35.5. The van der Waals surface area contributed by atoms with Crippen molar-refractivity contribution in [2.75, 3.05) is 6.54 Å². The van der Waals surface area contributed by atoms with E-state index in [1.165, 1.54) is 44.2 Å². The Bertz CT molecular complexity index is 380. The van der Waals surface area contributed by atoms with Crippen molar-refractivity contribution in [3.05, 3.63) is 34.9 Å². The number of hydrogen-bond donors (Lipinski definition) is 1. The molecule has 0 aromatic heterocycles. The van der Waals surface area contributed by atoms with E-state index >= 15 is 0 Å². The van der Waals surface area contributed by atoms with Gasteiger partial charge in [-0.05, 0) is 55.3 Å². The first-order chi connectivity index (χ1) is 8.31. The Kier molecular flexibility index (Phi) is 3.39. The van der Waals surface area contributed by atoms with Gasteiger partial charge in [0.05, 0.1) is 0 Å². The minimum absolute atomic E-state index is 0.729. The lowest BCUT2D eigenvalue weighted by Crippen LogP contribution is -2.40. The van der Waals surface area contributed by atoms with Crippen LogP contribution in [-0.4, -0.2) is 12.6 Å². The fraction of sp³-hybridized carbons (Fsp3) is 0.600. The lowest BCUT2D eigenvalue weighted by atomic mass is 9.76. The largest absolute Gasteiger partial charge is 0.314 e. The highest BCUT2D eigenvalue weighted by Gasteiger charge is 2.30. The highest BCUT2D eigenvalue weighted by Crippen LogP contribution is 2.38. The van der Waals surface area contributed by atoms with Gasteiger partial charge in [-0.1, -0.05) is 36.6 Å². The summed E-state index contributed by atoms with van der Waals surface area (Å²) in [6, 6.07) is 9.09. The summed E-state index contributed by atoms with van der Waals surface area (Å²) in [5.74, 6) is 1.78. The van der Waals surface area contributed by atoms with Crippen LogP contribution in [0.4, 0.5) is 0 Å². The molecule has 2 saturated carbocycles. The van der Waals surface area contributed by atoms with Crippen molar-refractivity contribution < 1.29 is 0 Å². The quantitative estimate of drug-likeness (QED) is 0.833. The average Bonchev–Trinajstić information content (AvgIpc) is 3.05. The second-order valence-corrected chi connectivity index (χ2v) is 6.04. The van der Waals surface area contributed by atoms with Gasteiger partial charge in [0.1, 0.15) is 0 Å². The Hall–Kier alpha value is -0.530. The first kappa shape index (κ1) is 11.6. The minimum Gasteiger partial charge on any atom is -0.314 e. The van der Waals surface area contributed by atoms with Crippen LogP contribution in [0, 0.1) is 5.92 Å². The lowest BCUT2D eigenvalue weighted by Gasteiger charge is -2.36. The molecule has 2 aliphatic carbocycles. The summed E-state index contributed by atoms with van der Waals surface area (Å²) in [5, 5.41) is 4.54. The number of halogens is 1. The van der Waals surface area contributed by atoms with Gasteiger partial charge in [-0.2, -0.15) is 0 Å². The van der Waals surface area contributed by atoms with Crippen molar-refractivity contribution in [1.82, 2.24) is 5.32 Å². The van der Waals surface area contributed by atoms with Gasteiger partial charge < -0.3 is 5.32 Å². The van der Waals surface area contributed by atoms with Crippen molar-refractivity contribution in [2.24, 2.45) is 5.92 Å². The number of hydrogen-bond acceptors (Lipinski definition) is 1. The maximum absolute atomic E-state index is 6.02. The molecule has 0 heterocycles. The van der Waals surface area contributed by atoms with Gasteiger partial charge in [-0.15, -0.1) is 0 Å². The van der Waals surface area contributed by atoms with Crippen LogP contribution >= 0.6 is 11.6 Å². The summed E-state index contributed by atoms with van der Waals surface area (Å²) in [6.07, 6.45) is 6.89. The molecule has 0 saturated heterocycles. The topological polar surface area (TPSA) is 12.0 Å². The predicted molar refractivity (Wildman–Crippen MR) is 72.6 cm³/mol. The van der Waals surface area contributed by atoms with Crippen LogP contribution in [0.25, 0.3) is 0 Å². The van der Waals surface area contributed by atoms with Crippen LogP contribution < -0.4 is 5.32 Å². The fourth-order valence-electron chi connectivity index (χ4n) is 2.72. The molecule has 2 heteroatoms. The second-order valence-electron chi connectivity index (χ2n) is 5.61. The van der Waals surface area contributed by atoms with E-state index in [0.717, 1.165) is 22.9 Å².